The van der Waals surface area contributed by atoms with Crippen LogP contribution in [-0.4, -0.2) is 19.2 Å². The predicted molar refractivity (Wildman–Crippen MR) is 148 cm³/mol. The lowest BCUT2D eigenvalue weighted by Crippen LogP contribution is -1.94. The summed E-state index contributed by atoms with van der Waals surface area (Å²) in [7, 11) is 0. The van der Waals surface area contributed by atoms with Crippen LogP contribution in [-0.2, 0) is 0 Å². The summed E-state index contributed by atoms with van der Waals surface area (Å²) in [6, 6.07) is 29.3. The molecule has 0 spiro atoms. The van der Waals surface area contributed by atoms with Gasteiger partial charge in [0.2, 0.25) is 0 Å². The van der Waals surface area contributed by atoms with Gasteiger partial charge in [-0.15, -0.1) is 0 Å². The second kappa shape index (κ2) is 8.97. The number of aryl methyl sites for hydroxylation is 2. The fourth-order valence-corrected chi connectivity index (χ4v) is 5.14. The number of hydrogen-bond donors (Lipinski definition) is 0. The van der Waals surface area contributed by atoms with Crippen LogP contribution in [0.2, 0.25) is 0 Å². The molecule has 0 saturated carbocycles. The first kappa shape index (κ1) is 22.1. The number of allylic oxidation sites excluding steroid dienone is 1. The minimum Gasteiger partial charge on any atom is -0.240 e. The Morgan fingerprint density at radius 2 is 1.17 bits per heavy atom. The zero-order chi connectivity index (χ0) is 24.6. The smallest absolute Gasteiger partial charge is 0.101 e. The second-order valence-corrected chi connectivity index (χ2v) is 9.37. The molecule has 1 atom stereocenters. The summed E-state index contributed by atoms with van der Waals surface area (Å²) in [4.78, 5) is 0. The van der Waals surface area contributed by atoms with Crippen molar-refractivity contribution in [3.05, 3.63) is 126 Å². The third kappa shape index (κ3) is 3.72. The molecular formula is C32H28N4. The molecular weight excluding hydrogens is 440 g/mol. The van der Waals surface area contributed by atoms with Crippen LogP contribution in [0.3, 0.4) is 0 Å². The van der Waals surface area contributed by atoms with Gasteiger partial charge < -0.3 is 0 Å². The van der Waals surface area contributed by atoms with E-state index in [9.17, 15) is 0 Å². The standard InChI is InChI=1S/C32H28N4/c1-22(28-30(26-16-8-5-9-17-26)34-36-21-11-13-24(3)32(28)36)18-19-27-29(25-14-6-4-7-15-25)33-35-20-10-12-23(2)31(27)35/h4-22H,1-3H3/b19-18+. The van der Waals surface area contributed by atoms with Gasteiger partial charge >= 0.3 is 0 Å². The molecule has 0 radical (unpaired) electrons. The first-order valence-corrected chi connectivity index (χ1v) is 12.4. The van der Waals surface area contributed by atoms with E-state index in [-0.39, 0.29) is 5.92 Å². The Balaban J connectivity index is 1.52. The first-order chi connectivity index (χ1) is 17.6. The molecule has 6 aromatic rings. The molecule has 0 bridgehead atoms. The Labute approximate surface area is 211 Å². The number of hydrogen-bond acceptors (Lipinski definition) is 2. The minimum atomic E-state index is 0.140. The molecule has 0 saturated heterocycles. The zero-order valence-electron chi connectivity index (χ0n) is 20.8. The van der Waals surface area contributed by atoms with Gasteiger partial charge in [0.25, 0.3) is 0 Å². The first-order valence-electron chi connectivity index (χ1n) is 12.4. The summed E-state index contributed by atoms with van der Waals surface area (Å²) in [6.07, 6.45) is 8.61. The molecule has 6 rings (SSSR count). The van der Waals surface area contributed by atoms with E-state index in [2.05, 4.69) is 99.7 Å². The fourth-order valence-electron chi connectivity index (χ4n) is 5.14. The van der Waals surface area contributed by atoms with Gasteiger partial charge in [-0.25, -0.2) is 9.03 Å². The molecule has 2 aromatic carbocycles. The van der Waals surface area contributed by atoms with Crippen molar-refractivity contribution >= 4 is 17.1 Å². The highest BCUT2D eigenvalue weighted by Gasteiger charge is 2.20. The topological polar surface area (TPSA) is 34.6 Å². The van der Waals surface area contributed by atoms with E-state index < -0.39 is 0 Å². The van der Waals surface area contributed by atoms with Gasteiger partial charge in [-0.3, -0.25) is 0 Å². The van der Waals surface area contributed by atoms with Crippen molar-refractivity contribution < 1.29 is 0 Å². The fraction of sp³-hybridized carbons (Fsp3) is 0.125. The van der Waals surface area contributed by atoms with Crippen LogP contribution >= 0.6 is 0 Å². The number of nitrogens with zero attached hydrogens (tertiary/aromatic N) is 4. The summed E-state index contributed by atoms with van der Waals surface area (Å²) in [6.45, 7) is 6.57. The average Bonchev–Trinajstić information content (AvgIpc) is 3.49. The van der Waals surface area contributed by atoms with Crippen molar-refractivity contribution in [2.45, 2.75) is 26.7 Å². The van der Waals surface area contributed by atoms with Gasteiger partial charge in [0.05, 0.1) is 16.7 Å². The van der Waals surface area contributed by atoms with Crippen LogP contribution < -0.4 is 0 Å². The van der Waals surface area contributed by atoms with E-state index in [0.717, 1.165) is 33.6 Å². The third-order valence-corrected chi connectivity index (χ3v) is 6.89. The van der Waals surface area contributed by atoms with Crippen molar-refractivity contribution in [3.63, 3.8) is 0 Å². The van der Waals surface area contributed by atoms with Crippen molar-refractivity contribution in [3.8, 4) is 22.5 Å². The minimum absolute atomic E-state index is 0.140. The Morgan fingerprint density at radius 1 is 0.639 bits per heavy atom. The lowest BCUT2D eigenvalue weighted by molar-refractivity contribution is 0.960. The lowest BCUT2D eigenvalue weighted by atomic mass is 9.93. The maximum absolute atomic E-state index is 5.01. The van der Waals surface area contributed by atoms with Gasteiger partial charge in [0.15, 0.2) is 0 Å². The molecule has 0 aliphatic carbocycles. The maximum Gasteiger partial charge on any atom is 0.101 e. The van der Waals surface area contributed by atoms with Crippen molar-refractivity contribution in [1.29, 1.82) is 0 Å². The summed E-state index contributed by atoms with van der Waals surface area (Å²) in [5.74, 6) is 0.140. The predicted octanol–water partition coefficient (Wildman–Crippen LogP) is 7.75. The molecule has 1 unspecified atom stereocenters. The summed E-state index contributed by atoms with van der Waals surface area (Å²) >= 11 is 0. The molecule has 4 nitrogen and oxygen atoms in total. The lowest BCUT2D eigenvalue weighted by Gasteiger charge is -2.10. The molecule has 0 aliphatic rings. The summed E-state index contributed by atoms with van der Waals surface area (Å²) in [5.41, 5.74) is 11.4. The average molecular weight is 469 g/mol. The maximum atomic E-state index is 5.01. The van der Waals surface area contributed by atoms with Crippen LogP contribution in [0.25, 0.3) is 39.6 Å². The number of benzene rings is 2. The number of pyridine rings is 2. The second-order valence-electron chi connectivity index (χ2n) is 9.37. The van der Waals surface area contributed by atoms with E-state index in [1.807, 2.05) is 39.6 Å². The monoisotopic (exact) mass is 468 g/mol. The van der Waals surface area contributed by atoms with E-state index in [1.165, 1.54) is 22.2 Å². The van der Waals surface area contributed by atoms with Crippen molar-refractivity contribution in [2.24, 2.45) is 0 Å². The number of rotatable bonds is 5. The molecule has 176 valence electrons. The van der Waals surface area contributed by atoms with E-state index in [0.29, 0.717) is 0 Å². The number of aromatic nitrogens is 4. The van der Waals surface area contributed by atoms with Gasteiger partial charge in [-0.05, 0) is 37.1 Å². The van der Waals surface area contributed by atoms with Crippen molar-refractivity contribution in [2.75, 3.05) is 0 Å². The Morgan fingerprint density at radius 3 is 1.81 bits per heavy atom. The molecule has 0 amide bonds. The van der Waals surface area contributed by atoms with Gasteiger partial charge in [0.1, 0.15) is 5.69 Å². The molecule has 0 N–H and O–H groups in total. The highest BCUT2D eigenvalue weighted by molar-refractivity contribution is 5.85. The van der Waals surface area contributed by atoms with Gasteiger partial charge in [0, 0.05) is 40.6 Å². The van der Waals surface area contributed by atoms with E-state index in [4.69, 9.17) is 10.2 Å². The highest BCUT2D eigenvalue weighted by atomic mass is 15.2. The van der Waals surface area contributed by atoms with Crippen LogP contribution in [0.1, 0.15) is 35.1 Å². The van der Waals surface area contributed by atoms with Crippen LogP contribution in [0, 0.1) is 13.8 Å². The molecule has 4 heteroatoms. The molecule has 4 heterocycles. The Hall–Kier alpha value is -4.44. The summed E-state index contributed by atoms with van der Waals surface area (Å²) in [5, 5.41) is 9.97. The third-order valence-electron chi connectivity index (χ3n) is 6.89. The van der Waals surface area contributed by atoms with E-state index >= 15 is 0 Å². The largest absolute Gasteiger partial charge is 0.240 e. The molecule has 0 fully saturated rings. The van der Waals surface area contributed by atoms with Crippen molar-refractivity contribution in [1.82, 2.24) is 19.2 Å². The molecule has 4 aromatic heterocycles. The van der Waals surface area contributed by atoms with Gasteiger partial charge in [-0.1, -0.05) is 91.9 Å². The van der Waals surface area contributed by atoms with Crippen LogP contribution in [0.4, 0.5) is 0 Å². The SMILES string of the molecule is Cc1cccn2nc(-c3ccccc3)c(/C=C/C(C)c3c(-c4ccccc4)nn4cccc(C)c34)c12. The Bertz CT molecular complexity index is 1710. The Kier molecular flexibility index (Phi) is 5.49. The van der Waals surface area contributed by atoms with Crippen LogP contribution in [0.5, 0.6) is 0 Å². The molecule has 36 heavy (non-hydrogen) atoms. The quantitative estimate of drug-likeness (QED) is 0.259. The molecule has 0 aliphatic heterocycles. The highest BCUT2D eigenvalue weighted by Crippen LogP contribution is 2.36. The van der Waals surface area contributed by atoms with Crippen LogP contribution in [0.15, 0.2) is 103 Å². The van der Waals surface area contributed by atoms with E-state index in [1.54, 1.807) is 0 Å². The normalized spacial score (nSPS) is 12.6. The summed E-state index contributed by atoms with van der Waals surface area (Å²) < 4.78 is 4.02. The number of fused-ring (bicyclic) bond motifs is 2. The zero-order valence-corrected chi connectivity index (χ0v) is 20.8. The van der Waals surface area contributed by atoms with Gasteiger partial charge in [-0.2, -0.15) is 10.2 Å².